The van der Waals surface area contributed by atoms with Gasteiger partial charge in [0.25, 0.3) is 0 Å². The average Bonchev–Trinajstić information content (AvgIpc) is 2.44. The van der Waals surface area contributed by atoms with E-state index in [4.69, 9.17) is 0 Å². The van der Waals surface area contributed by atoms with Gasteiger partial charge in [-0.2, -0.15) is 5.10 Å². The molecule has 2 rings (SSSR count). The number of hydrazone groups is 1. The van der Waals surface area contributed by atoms with Crippen molar-refractivity contribution in [3.63, 3.8) is 0 Å². The highest BCUT2D eigenvalue weighted by molar-refractivity contribution is 9.10. The number of phenols is 1. The molecule has 0 aliphatic rings. The molecule has 0 aromatic heterocycles. The summed E-state index contributed by atoms with van der Waals surface area (Å²) in [6.45, 7) is 0. The molecule has 0 fully saturated rings. The average molecular weight is 333 g/mol. The highest BCUT2D eigenvalue weighted by Crippen LogP contribution is 2.19. The largest absolute Gasteiger partial charge is 0.508 e. The normalized spacial score (nSPS) is 10.7. The highest BCUT2D eigenvalue weighted by atomic mass is 79.9. The second kappa shape index (κ2) is 6.86. The van der Waals surface area contributed by atoms with Crippen LogP contribution in [0.5, 0.6) is 5.75 Å². The quantitative estimate of drug-likeness (QED) is 0.668. The van der Waals surface area contributed by atoms with Crippen LogP contribution in [0.25, 0.3) is 0 Å². The molecule has 2 N–H and O–H groups in total. The van der Waals surface area contributed by atoms with E-state index >= 15 is 0 Å². The van der Waals surface area contributed by atoms with Gasteiger partial charge < -0.3 is 5.11 Å². The molecule has 2 aromatic rings. The molecule has 20 heavy (non-hydrogen) atoms. The Labute approximate surface area is 125 Å². The van der Waals surface area contributed by atoms with Crippen molar-refractivity contribution in [3.05, 3.63) is 64.1 Å². The number of carbonyl (C=O) groups excluding carboxylic acids is 1. The molecular weight excluding hydrogens is 320 g/mol. The van der Waals surface area contributed by atoms with E-state index in [1.165, 1.54) is 6.21 Å². The number of amides is 1. The van der Waals surface area contributed by atoms with Gasteiger partial charge in [0.15, 0.2) is 0 Å². The van der Waals surface area contributed by atoms with Crippen LogP contribution in [0.2, 0.25) is 0 Å². The first kappa shape index (κ1) is 14.3. The molecule has 0 unspecified atom stereocenters. The Bertz CT molecular complexity index is 627. The summed E-state index contributed by atoms with van der Waals surface area (Å²) in [6.07, 6.45) is 1.76. The molecule has 0 aliphatic heterocycles. The summed E-state index contributed by atoms with van der Waals surface area (Å²) >= 11 is 3.34. The molecule has 4 nitrogen and oxygen atoms in total. The molecule has 5 heteroatoms. The molecule has 0 aliphatic carbocycles. The first-order chi connectivity index (χ1) is 9.65. The Kier molecular flexibility index (Phi) is 4.90. The summed E-state index contributed by atoms with van der Waals surface area (Å²) in [6, 6.07) is 14.3. The fourth-order valence-corrected chi connectivity index (χ4v) is 1.97. The number of hydrogen-bond acceptors (Lipinski definition) is 3. The van der Waals surface area contributed by atoms with Gasteiger partial charge in [-0.25, -0.2) is 5.43 Å². The van der Waals surface area contributed by atoms with E-state index in [9.17, 15) is 9.90 Å². The van der Waals surface area contributed by atoms with Crippen molar-refractivity contribution >= 4 is 28.1 Å². The Morgan fingerprint density at radius 1 is 1.25 bits per heavy atom. The lowest BCUT2D eigenvalue weighted by atomic mass is 10.1. The van der Waals surface area contributed by atoms with Crippen molar-refractivity contribution in [2.45, 2.75) is 6.42 Å². The number of aromatic hydroxyl groups is 1. The summed E-state index contributed by atoms with van der Waals surface area (Å²) in [5.74, 6) is -0.0472. The monoisotopic (exact) mass is 332 g/mol. The SMILES string of the molecule is O=C(Cc1ccccc1)N/N=C\c1cc(O)ccc1Br. The smallest absolute Gasteiger partial charge is 0.244 e. The van der Waals surface area contributed by atoms with Crippen LogP contribution >= 0.6 is 15.9 Å². The van der Waals surface area contributed by atoms with Crippen molar-refractivity contribution < 1.29 is 9.90 Å². The molecule has 0 saturated heterocycles. The summed E-state index contributed by atoms with van der Waals surface area (Å²) in [5, 5.41) is 13.2. The first-order valence-electron chi connectivity index (χ1n) is 5.99. The van der Waals surface area contributed by atoms with Crippen LogP contribution in [-0.2, 0) is 11.2 Å². The number of nitrogens with zero attached hydrogens (tertiary/aromatic N) is 1. The van der Waals surface area contributed by atoms with E-state index in [0.717, 1.165) is 10.0 Å². The van der Waals surface area contributed by atoms with E-state index in [1.807, 2.05) is 30.3 Å². The van der Waals surface area contributed by atoms with Crippen LogP contribution in [0.15, 0.2) is 58.1 Å². The predicted molar refractivity (Wildman–Crippen MR) is 81.7 cm³/mol. The van der Waals surface area contributed by atoms with Gasteiger partial charge in [0.1, 0.15) is 5.75 Å². The van der Waals surface area contributed by atoms with Gasteiger partial charge in [-0.15, -0.1) is 0 Å². The molecule has 2 aromatic carbocycles. The minimum atomic E-state index is -0.191. The van der Waals surface area contributed by atoms with Crippen LogP contribution in [0.4, 0.5) is 0 Å². The summed E-state index contributed by atoms with van der Waals surface area (Å²) in [4.78, 5) is 11.7. The lowest BCUT2D eigenvalue weighted by molar-refractivity contribution is -0.120. The highest BCUT2D eigenvalue weighted by Gasteiger charge is 2.02. The van der Waals surface area contributed by atoms with Crippen LogP contribution in [-0.4, -0.2) is 17.2 Å². The number of phenolic OH excluding ortho intramolecular Hbond substituents is 1. The number of rotatable bonds is 4. The van der Waals surface area contributed by atoms with Gasteiger partial charge in [-0.3, -0.25) is 4.79 Å². The van der Waals surface area contributed by atoms with Gasteiger partial charge in [0.2, 0.25) is 5.91 Å². The maximum atomic E-state index is 11.7. The lowest BCUT2D eigenvalue weighted by Crippen LogP contribution is -2.19. The van der Waals surface area contributed by atoms with Crippen LogP contribution in [0.3, 0.4) is 0 Å². The Balaban J connectivity index is 1.93. The number of halogens is 1. The number of hydrogen-bond donors (Lipinski definition) is 2. The first-order valence-corrected chi connectivity index (χ1v) is 6.79. The number of nitrogens with one attached hydrogen (secondary N) is 1. The van der Waals surface area contributed by atoms with Crippen LogP contribution in [0, 0.1) is 0 Å². The van der Waals surface area contributed by atoms with E-state index in [2.05, 4.69) is 26.5 Å². The van der Waals surface area contributed by atoms with Crippen LogP contribution in [0.1, 0.15) is 11.1 Å². The molecule has 0 bridgehead atoms. The number of carbonyl (C=O) groups is 1. The van der Waals surface area contributed by atoms with E-state index < -0.39 is 0 Å². The Morgan fingerprint density at radius 3 is 2.75 bits per heavy atom. The fourth-order valence-electron chi connectivity index (χ4n) is 1.62. The minimum absolute atomic E-state index is 0.144. The van der Waals surface area contributed by atoms with Crippen molar-refractivity contribution in [3.8, 4) is 5.75 Å². The van der Waals surface area contributed by atoms with Gasteiger partial charge >= 0.3 is 0 Å². The third-order valence-electron chi connectivity index (χ3n) is 2.58. The zero-order valence-electron chi connectivity index (χ0n) is 10.6. The van der Waals surface area contributed by atoms with Gasteiger partial charge in [-0.05, 0) is 23.8 Å². The predicted octanol–water partition coefficient (Wildman–Crippen LogP) is 2.85. The Hall–Kier alpha value is -2.14. The van der Waals surface area contributed by atoms with Crippen LogP contribution < -0.4 is 5.43 Å². The minimum Gasteiger partial charge on any atom is -0.508 e. The van der Waals surface area contributed by atoms with E-state index in [0.29, 0.717) is 5.56 Å². The summed E-state index contributed by atoms with van der Waals surface area (Å²) < 4.78 is 0.788. The molecule has 0 heterocycles. The third kappa shape index (κ3) is 4.20. The second-order valence-corrected chi connectivity index (χ2v) is 5.02. The lowest BCUT2D eigenvalue weighted by Gasteiger charge is -2.01. The van der Waals surface area contributed by atoms with Crippen molar-refractivity contribution in [1.29, 1.82) is 0 Å². The van der Waals surface area contributed by atoms with Gasteiger partial charge in [0, 0.05) is 10.0 Å². The maximum Gasteiger partial charge on any atom is 0.244 e. The molecule has 0 radical (unpaired) electrons. The van der Waals surface area contributed by atoms with Gasteiger partial charge in [-0.1, -0.05) is 46.3 Å². The topological polar surface area (TPSA) is 61.7 Å². The second-order valence-electron chi connectivity index (χ2n) is 4.16. The number of benzene rings is 2. The summed E-state index contributed by atoms with van der Waals surface area (Å²) in [7, 11) is 0. The standard InChI is InChI=1S/C15H13BrN2O2/c16-14-7-6-13(19)9-12(14)10-17-18-15(20)8-11-4-2-1-3-5-11/h1-7,9-10,19H,8H2,(H,18,20)/b17-10-. The molecule has 1 amide bonds. The van der Waals surface area contributed by atoms with Crippen molar-refractivity contribution in [2.75, 3.05) is 0 Å². The molecule has 0 saturated carbocycles. The van der Waals surface area contributed by atoms with E-state index in [-0.39, 0.29) is 18.1 Å². The Morgan fingerprint density at radius 2 is 2.00 bits per heavy atom. The third-order valence-corrected chi connectivity index (χ3v) is 3.30. The van der Waals surface area contributed by atoms with Crippen molar-refractivity contribution in [1.82, 2.24) is 5.43 Å². The molecule has 0 spiro atoms. The van der Waals surface area contributed by atoms with Gasteiger partial charge in [0.05, 0.1) is 12.6 Å². The van der Waals surface area contributed by atoms with E-state index in [1.54, 1.807) is 18.2 Å². The maximum absolute atomic E-state index is 11.7. The zero-order valence-corrected chi connectivity index (χ0v) is 12.2. The fraction of sp³-hybridized carbons (Fsp3) is 0.0667. The molecular formula is C15H13BrN2O2. The van der Waals surface area contributed by atoms with Crippen molar-refractivity contribution in [2.24, 2.45) is 5.10 Å². The zero-order chi connectivity index (χ0) is 14.4. The molecule has 0 atom stereocenters. The molecule has 102 valence electrons. The summed E-state index contributed by atoms with van der Waals surface area (Å²) in [5.41, 5.74) is 4.07.